The van der Waals surface area contributed by atoms with Gasteiger partial charge in [-0.1, -0.05) is 6.07 Å². The molecule has 0 heterocycles. The molecule has 0 spiro atoms. The fourth-order valence-electron chi connectivity index (χ4n) is 4.24. The zero-order chi connectivity index (χ0) is 25.5. The number of carboxylic acids is 1. The summed E-state index contributed by atoms with van der Waals surface area (Å²) in [5, 5.41) is 14.2. The summed E-state index contributed by atoms with van der Waals surface area (Å²) in [5.74, 6) is 0.687. The molecule has 0 fully saturated rings. The Hall–Kier alpha value is -3.95. The molecule has 3 rings (SSSR count). The van der Waals surface area contributed by atoms with Crippen LogP contribution in [0, 0.1) is 0 Å². The summed E-state index contributed by atoms with van der Waals surface area (Å²) in [6.45, 7) is 1.63. The topological polar surface area (TPSA) is 132 Å². The van der Waals surface area contributed by atoms with Crippen LogP contribution in [0.1, 0.15) is 43.4 Å². The van der Waals surface area contributed by atoms with Crippen LogP contribution in [0.3, 0.4) is 0 Å². The lowest BCUT2D eigenvalue weighted by Crippen LogP contribution is -2.28. The lowest BCUT2D eigenvalue weighted by molar-refractivity contribution is -0.137. The predicted octanol–water partition coefficient (Wildman–Crippen LogP) is 3.46. The Morgan fingerprint density at radius 1 is 1.06 bits per heavy atom. The Balaban J connectivity index is 2.01. The van der Waals surface area contributed by atoms with E-state index in [9.17, 15) is 14.4 Å². The number of aryl methyl sites for hydroxylation is 1. The molecule has 10 heteroatoms. The van der Waals surface area contributed by atoms with Crippen molar-refractivity contribution in [1.82, 2.24) is 10.6 Å². The fraction of sp³-hybridized carbons (Fsp3) is 0.400. The monoisotopic (exact) mass is 486 g/mol. The van der Waals surface area contributed by atoms with Crippen molar-refractivity contribution in [3.05, 3.63) is 35.4 Å². The van der Waals surface area contributed by atoms with Crippen molar-refractivity contribution in [2.45, 2.75) is 38.6 Å². The van der Waals surface area contributed by atoms with Gasteiger partial charge in [0.05, 0.1) is 27.4 Å². The number of hydrogen-bond donors (Lipinski definition) is 3. The Bertz CT molecular complexity index is 1120. The third kappa shape index (κ3) is 5.95. The number of hydrogen-bond acceptors (Lipinski definition) is 7. The molecule has 0 unspecified atom stereocenters. The summed E-state index contributed by atoms with van der Waals surface area (Å²) < 4.78 is 22.2. The van der Waals surface area contributed by atoms with Crippen molar-refractivity contribution in [1.29, 1.82) is 0 Å². The van der Waals surface area contributed by atoms with Crippen molar-refractivity contribution in [2.75, 3.05) is 27.9 Å². The number of carboxylic acid groups (broad SMARTS) is 1. The number of benzene rings is 2. The minimum Gasteiger partial charge on any atom is -0.493 e. The molecule has 0 saturated heterocycles. The van der Waals surface area contributed by atoms with Gasteiger partial charge in [0.25, 0.3) is 0 Å². The van der Waals surface area contributed by atoms with Gasteiger partial charge in [0.1, 0.15) is 5.75 Å². The standard InChI is InChI=1S/C25H30N2O8/c1-14(28)27-19-10-7-15-12-20(32-2)23(33-3)24(34-4)22(15)17-9-8-16(13-18(17)19)35-25(31)26-11-5-6-21(29)30/h8-9,12-13,19H,5-7,10-11H2,1-4H3,(H,26,31)(H,27,28)(H,29,30)/t19-/m0/s1. The molecule has 1 atom stereocenters. The van der Waals surface area contributed by atoms with Crippen LogP contribution >= 0.6 is 0 Å². The number of methoxy groups -OCH3 is 3. The number of carbonyl (C=O) groups excluding carboxylic acids is 2. The molecule has 0 aromatic heterocycles. The zero-order valence-corrected chi connectivity index (χ0v) is 20.2. The Morgan fingerprint density at radius 3 is 2.43 bits per heavy atom. The summed E-state index contributed by atoms with van der Waals surface area (Å²) in [5.41, 5.74) is 3.36. The smallest absolute Gasteiger partial charge is 0.412 e. The molecule has 2 amide bonds. The largest absolute Gasteiger partial charge is 0.493 e. The van der Waals surface area contributed by atoms with Crippen molar-refractivity contribution >= 4 is 18.0 Å². The highest BCUT2D eigenvalue weighted by atomic mass is 16.6. The first kappa shape index (κ1) is 25.7. The number of amides is 2. The molecule has 0 aliphatic heterocycles. The summed E-state index contributed by atoms with van der Waals surface area (Å²) in [6.07, 6.45) is 0.785. The maximum Gasteiger partial charge on any atom is 0.412 e. The van der Waals surface area contributed by atoms with Crippen molar-refractivity contribution in [3.63, 3.8) is 0 Å². The minimum absolute atomic E-state index is 0.0486. The molecule has 35 heavy (non-hydrogen) atoms. The molecular formula is C25H30N2O8. The van der Waals surface area contributed by atoms with Gasteiger partial charge >= 0.3 is 12.1 Å². The molecule has 2 aromatic carbocycles. The van der Waals surface area contributed by atoms with E-state index in [0.29, 0.717) is 36.5 Å². The average molecular weight is 487 g/mol. The lowest BCUT2D eigenvalue weighted by atomic mass is 9.93. The van der Waals surface area contributed by atoms with Gasteiger partial charge in [0, 0.05) is 25.5 Å². The number of ether oxygens (including phenoxy) is 4. The molecule has 0 bridgehead atoms. The molecular weight excluding hydrogens is 456 g/mol. The van der Waals surface area contributed by atoms with Gasteiger partial charge < -0.3 is 34.7 Å². The van der Waals surface area contributed by atoms with E-state index < -0.39 is 12.1 Å². The molecule has 2 aromatic rings. The van der Waals surface area contributed by atoms with E-state index in [2.05, 4.69) is 10.6 Å². The van der Waals surface area contributed by atoms with Crippen LogP contribution < -0.4 is 29.6 Å². The van der Waals surface area contributed by atoms with Gasteiger partial charge in [-0.15, -0.1) is 0 Å². The molecule has 10 nitrogen and oxygen atoms in total. The van der Waals surface area contributed by atoms with E-state index in [-0.39, 0.29) is 30.7 Å². The second kappa shape index (κ2) is 11.5. The van der Waals surface area contributed by atoms with E-state index >= 15 is 0 Å². The third-order valence-electron chi connectivity index (χ3n) is 5.71. The van der Waals surface area contributed by atoms with Gasteiger partial charge in [-0.2, -0.15) is 0 Å². The van der Waals surface area contributed by atoms with Gasteiger partial charge in [-0.05, 0) is 54.2 Å². The highest BCUT2D eigenvalue weighted by Crippen LogP contribution is 2.50. The quantitative estimate of drug-likeness (QED) is 0.459. The first-order chi connectivity index (χ1) is 16.8. The molecule has 0 saturated carbocycles. The first-order valence-corrected chi connectivity index (χ1v) is 11.2. The minimum atomic E-state index is -0.931. The summed E-state index contributed by atoms with van der Waals surface area (Å²) >= 11 is 0. The zero-order valence-electron chi connectivity index (χ0n) is 20.2. The van der Waals surface area contributed by atoms with Crippen LogP contribution in [0.4, 0.5) is 4.79 Å². The van der Waals surface area contributed by atoms with Crippen LogP contribution in [0.15, 0.2) is 24.3 Å². The van der Waals surface area contributed by atoms with Crippen LogP contribution in [-0.2, 0) is 16.0 Å². The molecule has 3 N–H and O–H groups in total. The predicted molar refractivity (Wildman–Crippen MR) is 127 cm³/mol. The second-order valence-corrected chi connectivity index (χ2v) is 8.03. The highest BCUT2D eigenvalue weighted by molar-refractivity contribution is 5.84. The summed E-state index contributed by atoms with van der Waals surface area (Å²) in [4.78, 5) is 34.8. The third-order valence-corrected chi connectivity index (χ3v) is 5.71. The normalized spacial score (nSPS) is 14.0. The van der Waals surface area contributed by atoms with E-state index in [1.54, 1.807) is 26.4 Å². The van der Waals surface area contributed by atoms with Crippen molar-refractivity contribution in [2.24, 2.45) is 0 Å². The van der Waals surface area contributed by atoms with Gasteiger partial charge in [-0.25, -0.2) is 4.79 Å². The van der Waals surface area contributed by atoms with Crippen LogP contribution in [-0.4, -0.2) is 51.0 Å². The van der Waals surface area contributed by atoms with Gasteiger partial charge in [0.15, 0.2) is 11.5 Å². The van der Waals surface area contributed by atoms with Crippen LogP contribution in [0.5, 0.6) is 23.0 Å². The average Bonchev–Trinajstić information content (AvgIpc) is 2.96. The van der Waals surface area contributed by atoms with E-state index in [1.165, 1.54) is 14.0 Å². The first-order valence-electron chi connectivity index (χ1n) is 11.2. The van der Waals surface area contributed by atoms with Gasteiger partial charge in [0.2, 0.25) is 11.7 Å². The molecule has 1 aliphatic rings. The van der Waals surface area contributed by atoms with Crippen LogP contribution in [0.25, 0.3) is 11.1 Å². The van der Waals surface area contributed by atoms with Crippen LogP contribution in [0.2, 0.25) is 0 Å². The van der Waals surface area contributed by atoms with Crippen molar-refractivity contribution < 1.29 is 38.4 Å². The summed E-state index contributed by atoms with van der Waals surface area (Å²) in [6, 6.07) is 6.77. The number of carbonyl (C=O) groups is 3. The maximum absolute atomic E-state index is 12.2. The van der Waals surface area contributed by atoms with E-state index in [4.69, 9.17) is 24.1 Å². The lowest BCUT2D eigenvalue weighted by Gasteiger charge is -2.21. The number of fused-ring (bicyclic) bond motifs is 3. The van der Waals surface area contributed by atoms with Crippen molar-refractivity contribution in [3.8, 4) is 34.1 Å². The number of nitrogens with one attached hydrogen (secondary N) is 2. The fourth-order valence-corrected chi connectivity index (χ4v) is 4.24. The number of rotatable bonds is 9. The highest BCUT2D eigenvalue weighted by Gasteiger charge is 2.29. The molecule has 1 aliphatic carbocycles. The Labute approximate surface area is 203 Å². The van der Waals surface area contributed by atoms with E-state index in [1.807, 2.05) is 12.1 Å². The van der Waals surface area contributed by atoms with Gasteiger partial charge in [-0.3, -0.25) is 9.59 Å². The number of aliphatic carboxylic acids is 1. The molecule has 188 valence electrons. The Kier molecular flexibility index (Phi) is 8.40. The molecule has 0 radical (unpaired) electrons. The summed E-state index contributed by atoms with van der Waals surface area (Å²) in [7, 11) is 4.65. The SMILES string of the molecule is COc1cc2c(c(OC)c1OC)-c1ccc(OC(=O)NCCCC(=O)O)cc1[C@@H](NC(C)=O)CC2. The second-order valence-electron chi connectivity index (χ2n) is 8.03. The maximum atomic E-state index is 12.2. The Morgan fingerprint density at radius 2 is 1.80 bits per heavy atom. The van der Waals surface area contributed by atoms with E-state index in [0.717, 1.165) is 22.3 Å².